The summed E-state index contributed by atoms with van der Waals surface area (Å²) in [5.74, 6) is -2.56. The molecular formula is C6H10ClO2PS. The van der Waals surface area contributed by atoms with Crippen LogP contribution in [0, 0.1) is 0 Å². The summed E-state index contributed by atoms with van der Waals surface area (Å²) in [6.07, 6.45) is 3.14. The minimum absolute atomic E-state index is 0.317. The quantitative estimate of drug-likeness (QED) is 0.498. The molecule has 0 bridgehead atoms. The Hall–Kier alpha value is 0.340. The molecule has 0 saturated carbocycles. The van der Waals surface area contributed by atoms with Crippen molar-refractivity contribution in [2.75, 3.05) is 13.2 Å². The van der Waals surface area contributed by atoms with Gasteiger partial charge in [-0.3, -0.25) is 0 Å². The van der Waals surface area contributed by atoms with E-state index in [-0.39, 0.29) is 0 Å². The minimum atomic E-state index is -2.56. The lowest BCUT2D eigenvalue weighted by Crippen LogP contribution is -1.89. The molecule has 0 spiro atoms. The summed E-state index contributed by atoms with van der Waals surface area (Å²) in [5, 5.41) is 0. The van der Waals surface area contributed by atoms with Gasteiger partial charge in [0.25, 0.3) is 5.84 Å². The summed E-state index contributed by atoms with van der Waals surface area (Å²) < 4.78 is 9.97. The molecule has 0 rings (SSSR count). The predicted molar refractivity (Wildman–Crippen MR) is 52.4 cm³/mol. The van der Waals surface area contributed by atoms with Gasteiger partial charge >= 0.3 is 0 Å². The Morgan fingerprint density at radius 3 is 1.91 bits per heavy atom. The van der Waals surface area contributed by atoms with E-state index in [1.54, 1.807) is 12.2 Å². The fraction of sp³-hybridized carbons (Fsp3) is 0.333. The molecule has 0 radical (unpaired) electrons. The summed E-state index contributed by atoms with van der Waals surface area (Å²) in [7, 11) is 0. The van der Waals surface area contributed by atoms with E-state index >= 15 is 0 Å². The van der Waals surface area contributed by atoms with Crippen LogP contribution in [-0.2, 0) is 20.9 Å². The third-order valence-electron chi connectivity index (χ3n) is 0.693. The van der Waals surface area contributed by atoms with E-state index in [2.05, 4.69) is 13.2 Å². The zero-order valence-corrected chi connectivity index (χ0v) is 8.50. The smallest absolute Gasteiger partial charge is 0.282 e. The second kappa shape index (κ2) is 5.92. The van der Waals surface area contributed by atoms with E-state index in [4.69, 9.17) is 32.1 Å². The zero-order chi connectivity index (χ0) is 8.74. The van der Waals surface area contributed by atoms with Gasteiger partial charge in [0.15, 0.2) is 0 Å². The number of rotatable bonds is 6. The highest BCUT2D eigenvalue weighted by atomic mass is 35.7. The first-order valence-electron chi connectivity index (χ1n) is 2.93. The lowest BCUT2D eigenvalue weighted by atomic mass is 10.7. The second-order valence-electron chi connectivity index (χ2n) is 1.60. The number of halogens is 1. The van der Waals surface area contributed by atoms with Gasteiger partial charge in [-0.05, 0) is 23.0 Å². The first-order chi connectivity index (χ1) is 5.12. The van der Waals surface area contributed by atoms with Crippen molar-refractivity contribution >= 4 is 28.9 Å². The standard InChI is InChI=1S/C6H10ClO2PS/c1-3-5-8-10(7,11)9-6-4-2/h3-4H,1-2,5-6H2. The summed E-state index contributed by atoms with van der Waals surface area (Å²) in [4.78, 5) is 0. The van der Waals surface area contributed by atoms with E-state index in [1.165, 1.54) is 0 Å². The molecule has 64 valence electrons. The van der Waals surface area contributed by atoms with Crippen molar-refractivity contribution in [2.45, 2.75) is 0 Å². The first-order valence-corrected chi connectivity index (χ1v) is 6.47. The third-order valence-corrected chi connectivity index (χ3v) is 2.83. The average molecular weight is 213 g/mol. The summed E-state index contributed by atoms with van der Waals surface area (Å²) in [6.45, 7) is 7.55. The van der Waals surface area contributed by atoms with Crippen molar-refractivity contribution in [1.82, 2.24) is 0 Å². The largest absolute Gasteiger partial charge is 0.314 e. The summed E-state index contributed by atoms with van der Waals surface area (Å²) in [5.41, 5.74) is 0. The molecule has 0 atom stereocenters. The van der Waals surface area contributed by atoms with E-state index in [0.29, 0.717) is 13.2 Å². The van der Waals surface area contributed by atoms with Crippen molar-refractivity contribution in [2.24, 2.45) is 0 Å². The van der Waals surface area contributed by atoms with Crippen LogP contribution in [0.25, 0.3) is 0 Å². The van der Waals surface area contributed by atoms with Crippen LogP contribution >= 0.6 is 17.1 Å². The third kappa shape index (κ3) is 6.73. The van der Waals surface area contributed by atoms with Crippen LogP contribution < -0.4 is 0 Å². The molecule has 2 nitrogen and oxygen atoms in total. The molecule has 11 heavy (non-hydrogen) atoms. The van der Waals surface area contributed by atoms with Gasteiger partial charge in [-0.1, -0.05) is 12.2 Å². The van der Waals surface area contributed by atoms with Gasteiger partial charge in [0.2, 0.25) is 0 Å². The van der Waals surface area contributed by atoms with Gasteiger partial charge in [-0.2, -0.15) is 0 Å². The topological polar surface area (TPSA) is 18.5 Å². The first kappa shape index (κ1) is 11.3. The highest BCUT2D eigenvalue weighted by Gasteiger charge is 2.12. The molecule has 0 amide bonds. The van der Waals surface area contributed by atoms with Crippen LogP contribution in [0.15, 0.2) is 25.3 Å². The van der Waals surface area contributed by atoms with Gasteiger partial charge in [-0.25, -0.2) is 0 Å². The highest BCUT2D eigenvalue weighted by molar-refractivity contribution is 8.22. The SMILES string of the molecule is C=CCOP(=S)(Cl)OCC=C. The molecule has 0 saturated heterocycles. The van der Waals surface area contributed by atoms with Crippen LogP contribution in [0.4, 0.5) is 0 Å². The van der Waals surface area contributed by atoms with Gasteiger partial charge in [0, 0.05) is 0 Å². The van der Waals surface area contributed by atoms with Crippen LogP contribution in [0.5, 0.6) is 0 Å². The molecule has 0 unspecified atom stereocenters. The maximum atomic E-state index is 5.68. The molecule has 0 aromatic carbocycles. The van der Waals surface area contributed by atoms with Crippen LogP contribution in [0.1, 0.15) is 0 Å². The van der Waals surface area contributed by atoms with Crippen LogP contribution in [0.3, 0.4) is 0 Å². The Balaban J connectivity index is 3.69. The number of hydrogen-bond acceptors (Lipinski definition) is 3. The van der Waals surface area contributed by atoms with Crippen LogP contribution in [-0.4, -0.2) is 13.2 Å². The van der Waals surface area contributed by atoms with Crippen molar-refractivity contribution in [1.29, 1.82) is 0 Å². The molecule has 0 aliphatic heterocycles. The molecule has 0 aromatic heterocycles. The lowest BCUT2D eigenvalue weighted by molar-refractivity contribution is 0.301. The van der Waals surface area contributed by atoms with Crippen molar-refractivity contribution < 1.29 is 9.05 Å². The molecule has 0 aromatic rings. The number of hydrogen-bond donors (Lipinski definition) is 0. The Morgan fingerprint density at radius 2 is 1.64 bits per heavy atom. The monoisotopic (exact) mass is 212 g/mol. The van der Waals surface area contributed by atoms with E-state index in [9.17, 15) is 0 Å². The predicted octanol–water partition coefficient (Wildman–Crippen LogP) is 2.85. The maximum Gasteiger partial charge on any atom is 0.282 e. The fourth-order valence-corrected chi connectivity index (χ4v) is 1.67. The normalized spacial score (nSPS) is 11.0. The highest BCUT2D eigenvalue weighted by Crippen LogP contribution is 2.53. The Labute approximate surface area is 76.8 Å². The van der Waals surface area contributed by atoms with Crippen molar-refractivity contribution in [3.8, 4) is 0 Å². The molecule has 0 fully saturated rings. The van der Waals surface area contributed by atoms with Gasteiger partial charge in [0.05, 0.1) is 13.2 Å². The van der Waals surface area contributed by atoms with Gasteiger partial charge < -0.3 is 9.05 Å². The molecule has 5 heteroatoms. The Bertz CT molecular complexity index is 167. The van der Waals surface area contributed by atoms with Gasteiger partial charge in [0.1, 0.15) is 0 Å². The van der Waals surface area contributed by atoms with E-state index in [0.717, 1.165) is 0 Å². The molecule has 0 N–H and O–H groups in total. The Morgan fingerprint density at radius 1 is 1.27 bits per heavy atom. The second-order valence-corrected chi connectivity index (χ2v) is 6.36. The minimum Gasteiger partial charge on any atom is -0.314 e. The van der Waals surface area contributed by atoms with Crippen molar-refractivity contribution in [3.63, 3.8) is 0 Å². The molecule has 0 heterocycles. The summed E-state index contributed by atoms with van der Waals surface area (Å²) >= 11 is 10.5. The molecule has 0 aliphatic rings. The summed E-state index contributed by atoms with van der Waals surface area (Å²) in [6, 6.07) is 0. The fourth-order valence-electron chi connectivity index (χ4n) is 0.321. The van der Waals surface area contributed by atoms with Crippen molar-refractivity contribution in [3.05, 3.63) is 25.3 Å². The molecular weight excluding hydrogens is 203 g/mol. The lowest BCUT2D eigenvalue weighted by Gasteiger charge is -2.11. The average Bonchev–Trinajstić information content (AvgIpc) is 1.97. The van der Waals surface area contributed by atoms with Gasteiger partial charge in [-0.15, -0.1) is 13.2 Å². The maximum absolute atomic E-state index is 5.68. The zero-order valence-electron chi connectivity index (χ0n) is 6.03. The van der Waals surface area contributed by atoms with Crippen LogP contribution in [0.2, 0.25) is 0 Å². The van der Waals surface area contributed by atoms with E-state index in [1.807, 2.05) is 0 Å². The molecule has 0 aliphatic carbocycles. The Kier molecular flexibility index (Phi) is 6.11. The van der Waals surface area contributed by atoms with E-state index < -0.39 is 5.84 Å².